The van der Waals surface area contributed by atoms with Gasteiger partial charge in [0.2, 0.25) is 0 Å². The van der Waals surface area contributed by atoms with Crippen LogP contribution in [0.1, 0.15) is 42.0 Å². The van der Waals surface area contributed by atoms with Crippen molar-refractivity contribution in [2.24, 2.45) is 0 Å². The fourth-order valence-corrected chi connectivity index (χ4v) is 3.95. The van der Waals surface area contributed by atoms with Crippen LogP contribution in [-0.2, 0) is 0 Å². The topological polar surface area (TPSA) is 0 Å². The van der Waals surface area contributed by atoms with Crippen LogP contribution in [0.25, 0.3) is 0 Å². The largest absolute Gasteiger partial charge is 0.126 e. The third-order valence-electron chi connectivity index (χ3n) is 3.21. The average molecular weight is 348 g/mol. The van der Waals surface area contributed by atoms with E-state index in [1.54, 1.807) is 0 Å². The highest BCUT2D eigenvalue weighted by Gasteiger charge is 2.12. The van der Waals surface area contributed by atoms with E-state index in [-0.39, 0.29) is 0 Å². The fourth-order valence-electron chi connectivity index (χ4n) is 1.77. The summed E-state index contributed by atoms with van der Waals surface area (Å²) in [4.78, 5) is 1.52. The van der Waals surface area contributed by atoms with E-state index in [2.05, 4.69) is 57.2 Å². The summed E-state index contributed by atoms with van der Waals surface area (Å²) in [6, 6.07) is 0. The van der Waals surface area contributed by atoms with E-state index in [4.69, 9.17) is 0 Å². The van der Waals surface area contributed by atoms with Gasteiger partial charge < -0.3 is 0 Å². The van der Waals surface area contributed by atoms with Crippen molar-refractivity contribution in [1.82, 2.24) is 0 Å². The lowest BCUT2D eigenvalue weighted by atomic mass is 10.0. The molecule has 0 heterocycles. The molecule has 0 bridgehead atoms. The van der Waals surface area contributed by atoms with E-state index in [0.717, 1.165) is 0 Å². The number of hydrogen-bond acceptors (Lipinski definition) is 1. The molecule has 0 N–H and O–H groups in total. The molecule has 0 aromatic heterocycles. The number of rotatable bonds is 4. The van der Waals surface area contributed by atoms with Crippen LogP contribution in [0, 0.1) is 31.3 Å². The molecule has 0 atom stereocenters. The van der Waals surface area contributed by atoms with Crippen molar-refractivity contribution in [3.63, 3.8) is 0 Å². The molecule has 0 saturated carbocycles. The van der Waals surface area contributed by atoms with E-state index in [1.807, 2.05) is 11.8 Å². The molecule has 16 heavy (non-hydrogen) atoms. The van der Waals surface area contributed by atoms with Crippen molar-refractivity contribution in [3.8, 4) is 0 Å². The van der Waals surface area contributed by atoms with Gasteiger partial charge in [-0.25, -0.2) is 0 Å². The quantitative estimate of drug-likeness (QED) is 0.398. The van der Waals surface area contributed by atoms with Crippen molar-refractivity contribution >= 4 is 34.4 Å². The molecular weight excluding hydrogens is 327 g/mol. The number of hydrogen-bond donors (Lipinski definition) is 0. The summed E-state index contributed by atoms with van der Waals surface area (Å²) in [5.41, 5.74) is 5.88. The predicted octanol–water partition coefficient (Wildman–Crippen LogP) is 5.42. The van der Waals surface area contributed by atoms with E-state index in [0.29, 0.717) is 0 Å². The monoisotopic (exact) mass is 348 g/mol. The number of benzene rings is 1. The number of unbranched alkanes of at least 4 members (excludes halogenated alkanes) is 1. The first-order valence-corrected chi connectivity index (χ1v) is 7.95. The van der Waals surface area contributed by atoms with Gasteiger partial charge in [-0.2, -0.15) is 0 Å². The van der Waals surface area contributed by atoms with Gasteiger partial charge in [-0.15, -0.1) is 11.8 Å². The number of thioether (sulfide) groups is 1. The molecule has 0 amide bonds. The van der Waals surface area contributed by atoms with Crippen molar-refractivity contribution in [2.45, 2.75) is 52.4 Å². The minimum atomic E-state index is 1.25. The summed E-state index contributed by atoms with van der Waals surface area (Å²) in [5, 5.41) is 0. The molecule has 2 heteroatoms. The number of halogens is 1. The molecule has 0 nitrogen and oxygen atoms in total. The van der Waals surface area contributed by atoms with E-state index in [1.165, 1.54) is 49.3 Å². The van der Waals surface area contributed by atoms with E-state index < -0.39 is 0 Å². The SMILES string of the molecule is CCCCSc1c(C)c(C)c(I)c(C)c1C. The molecule has 0 fully saturated rings. The van der Waals surface area contributed by atoms with Crippen LogP contribution in [0.3, 0.4) is 0 Å². The Bertz CT molecular complexity index is 354. The molecule has 1 aromatic carbocycles. The Balaban J connectivity index is 3.08. The lowest BCUT2D eigenvalue weighted by molar-refractivity contribution is 0.895. The van der Waals surface area contributed by atoms with Crippen LogP contribution >= 0.6 is 34.4 Å². The molecule has 1 rings (SSSR count). The summed E-state index contributed by atoms with van der Waals surface area (Å²) in [7, 11) is 0. The third kappa shape index (κ3) is 2.95. The van der Waals surface area contributed by atoms with Crippen LogP contribution < -0.4 is 0 Å². The standard InChI is InChI=1S/C14H21IS/c1-6-7-8-16-14-11(4)9(2)13(15)10(3)12(14)5/h6-8H2,1-5H3. The molecule has 0 radical (unpaired) electrons. The highest BCUT2D eigenvalue weighted by Crippen LogP contribution is 2.34. The van der Waals surface area contributed by atoms with E-state index in [9.17, 15) is 0 Å². The summed E-state index contributed by atoms with van der Waals surface area (Å²) >= 11 is 4.50. The Morgan fingerprint density at radius 3 is 1.88 bits per heavy atom. The van der Waals surface area contributed by atoms with Gasteiger partial charge in [-0.05, 0) is 84.7 Å². The predicted molar refractivity (Wildman–Crippen MR) is 83.7 cm³/mol. The van der Waals surface area contributed by atoms with Gasteiger partial charge in [-0.1, -0.05) is 13.3 Å². The first-order valence-electron chi connectivity index (χ1n) is 5.89. The lowest BCUT2D eigenvalue weighted by Gasteiger charge is -2.17. The van der Waals surface area contributed by atoms with Gasteiger partial charge in [0.15, 0.2) is 0 Å². The summed E-state index contributed by atoms with van der Waals surface area (Å²) in [5.74, 6) is 1.25. The Labute approximate surface area is 118 Å². The first-order chi connectivity index (χ1) is 7.50. The molecule has 0 aliphatic carbocycles. The maximum atomic E-state index is 2.47. The Morgan fingerprint density at radius 1 is 0.938 bits per heavy atom. The molecule has 0 aliphatic heterocycles. The van der Waals surface area contributed by atoms with Crippen molar-refractivity contribution < 1.29 is 0 Å². The highest BCUT2D eigenvalue weighted by molar-refractivity contribution is 14.1. The molecule has 0 spiro atoms. The first kappa shape index (κ1) is 14.4. The normalized spacial score (nSPS) is 10.9. The van der Waals surface area contributed by atoms with Crippen LogP contribution in [-0.4, -0.2) is 5.75 Å². The molecule has 0 aliphatic rings. The average Bonchev–Trinajstić information content (AvgIpc) is 2.28. The zero-order valence-electron chi connectivity index (χ0n) is 10.9. The van der Waals surface area contributed by atoms with Crippen LogP contribution in [0.4, 0.5) is 0 Å². The van der Waals surface area contributed by atoms with Crippen LogP contribution in [0.15, 0.2) is 4.90 Å². The summed E-state index contributed by atoms with van der Waals surface area (Å²) in [6.45, 7) is 11.3. The molecular formula is C14H21IS. The highest BCUT2D eigenvalue weighted by atomic mass is 127. The minimum Gasteiger partial charge on any atom is -0.126 e. The Kier molecular flexibility index (Phi) is 5.65. The smallest absolute Gasteiger partial charge is 0.0194 e. The van der Waals surface area contributed by atoms with Gasteiger partial charge in [0.1, 0.15) is 0 Å². The zero-order valence-corrected chi connectivity index (χ0v) is 13.9. The second-order valence-electron chi connectivity index (χ2n) is 4.35. The molecule has 1 aromatic rings. The fraction of sp³-hybridized carbons (Fsp3) is 0.571. The van der Waals surface area contributed by atoms with Crippen molar-refractivity contribution in [3.05, 3.63) is 25.8 Å². The second kappa shape index (κ2) is 6.29. The lowest BCUT2D eigenvalue weighted by Crippen LogP contribution is -1.98. The Hall–Kier alpha value is 0.300. The van der Waals surface area contributed by atoms with E-state index >= 15 is 0 Å². The van der Waals surface area contributed by atoms with Gasteiger partial charge in [0.05, 0.1) is 0 Å². The van der Waals surface area contributed by atoms with Crippen LogP contribution in [0.5, 0.6) is 0 Å². The third-order valence-corrected chi connectivity index (χ3v) is 6.22. The van der Waals surface area contributed by atoms with Crippen LogP contribution in [0.2, 0.25) is 0 Å². The summed E-state index contributed by atoms with van der Waals surface area (Å²) < 4.78 is 1.44. The Morgan fingerprint density at radius 2 is 1.44 bits per heavy atom. The summed E-state index contributed by atoms with van der Waals surface area (Å²) in [6.07, 6.45) is 2.60. The zero-order chi connectivity index (χ0) is 12.3. The van der Waals surface area contributed by atoms with Crippen molar-refractivity contribution in [1.29, 1.82) is 0 Å². The molecule has 0 unspecified atom stereocenters. The molecule has 90 valence electrons. The maximum Gasteiger partial charge on any atom is 0.0194 e. The van der Waals surface area contributed by atoms with Gasteiger partial charge >= 0.3 is 0 Å². The van der Waals surface area contributed by atoms with Crippen molar-refractivity contribution in [2.75, 3.05) is 5.75 Å². The van der Waals surface area contributed by atoms with Gasteiger partial charge in [-0.3, -0.25) is 0 Å². The van der Waals surface area contributed by atoms with Gasteiger partial charge in [0, 0.05) is 8.47 Å². The second-order valence-corrected chi connectivity index (χ2v) is 6.53. The minimum absolute atomic E-state index is 1.25. The molecule has 0 saturated heterocycles. The maximum absolute atomic E-state index is 2.47. The van der Waals surface area contributed by atoms with Gasteiger partial charge in [0.25, 0.3) is 0 Å².